The molecule has 0 aromatic carbocycles. The Hall–Kier alpha value is -1.13. The third kappa shape index (κ3) is 4.48. The molecular formula is C15H25N3O. The molecule has 4 nitrogen and oxygen atoms in total. The lowest BCUT2D eigenvalue weighted by Gasteiger charge is -2.34. The first kappa shape index (κ1) is 14.3. The number of rotatable bonds is 6. The third-order valence-electron chi connectivity index (χ3n) is 3.79. The van der Waals surface area contributed by atoms with Crippen LogP contribution < -0.4 is 10.2 Å². The van der Waals surface area contributed by atoms with Crippen LogP contribution in [0, 0.1) is 0 Å². The molecule has 2 heterocycles. The van der Waals surface area contributed by atoms with E-state index in [0.717, 1.165) is 45.3 Å². The number of nitrogens with one attached hydrogen (secondary N) is 1. The van der Waals surface area contributed by atoms with Gasteiger partial charge >= 0.3 is 0 Å². The first-order valence-corrected chi connectivity index (χ1v) is 7.36. The Kier molecular flexibility index (Phi) is 5.61. The average Bonchev–Trinajstić information content (AvgIpc) is 2.47. The lowest BCUT2D eigenvalue weighted by atomic mass is 10.0. The minimum Gasteiger partial charge on any atom is -0.392 e. The molecular weight excluding hydrogens is 238 g/mol. The van der Waals surface area contributed by atoms with Gasteiger partial charge in [-0.15, -0.1) is 0 Å². The van der Waals surface area contributed by atoms with Crippen molar-refractivity contribution in [3.05, 3.63) is 24.5 Å². The minimum atomic E-state index is -0.191. The summed E-state index contributed by atoms with van der Waals surface area (Å²) in [5, 5.41) is 13.2. The summed E-state index contributed by atoms with van der Waals surface area (Å²) < 4.78 is 0. The molecule has 1 unspecified atom stereocenters. The normalized spacial score (nSPS) is 18.5. The molecule has 19 heavy (non-hydrogen) atoms. The molecule has 1 aliphatic heterocycles. The third-order valence-corrected chi connectivity index (χ3v) is 3.79. The van der Waals surface area contributed by atoms with Crippen LogP contribution in [-0.4, -0.2) is 41.9 Å². The Balaban J connectivity index is 1.71. The fourth-order valence-corrected chi connectivity index (χ4v) is 2.63. The maximum Gasteiger partial charge on any atom is 0.0664 e. The van der Waals surface area contributed by atoms with Crippen LogP contribution in [0.1, 0.15) is 32.6 Å². The molecule has 1 atom stereocenters. The zero-order valence-electron chi connectivity index (χ0n) is 11.8. The van der Waals surface area contributed by atoms with E-state index in [1.54, 1.807) is 0 Å². The van der Waals surface area contributed by atoms with Crippen molar-refractivity contribution in [3.8, 4) is 0 Å². The van der Waals surface area contributed by atoms with Gasteiger partial charge in [-0.1, -0.05) is 13.3 Å². The molecule has 1 aromatic rings. The molecule has 4 heteroatoms. The van der Waals surface area contributed by atoms with Crippen molar-refractivity contribution in [1.29, 1.82) is 0 Å². The monoisotopic (exact) mass is 263 g/mol. The van der Waals surface area contributed by atoms with E-state index >= 15 is 0 Å². The fourth-order valence-electron chi connectivity index (χ4n) is 2.63. The van der Waals surface area contributed by atoms with Crippen molar-refractivity contribution >= 4 is 5.69 Å². The van der Waals surface area contributed by atoms with Crippen molar-refractivity contribution in [2.75, 3.05) is 24.5 Å². The molecule has 1 aromatic heterocycles. The predicted molar refractivity (Wildman–Crippen MR) is 78.4 cm³/mol. The first-order chi connectivity index (χ1) is 9.29. The zero-order valence-corrected chi connectivity index (χ0v) is 11.8. The molecule has 2 N–H and O–H groups in total. The maximum atomic E-state index is 9.73. The highest BCUT2D eigenvalue weighted by Crippen LogP contribution is 2.18. The van der Waals surface area contributed by atoms with E-state index in [4.69, 9.17) is 0 Å². The molecule has 0 spiro atoms. The highest BCUT2D eigenvalue weighted by atomic mass is 16.3. The van der Waals surface area contributed by atoms with Crippen LogP contribution in [0.4, 0.5) is 5.69 Å². The largest absolute Gasteiger partial charge is 0.392 e. The van der Waals surface area contributed by atoms with Gasteiger partial charge in [-0.2, -0.15) is 0 Å². The Morgan fingerprint density at radius 2 is 2.05 bits per heavy atom. The van der Waals surface area contributed by atoms with Gasteiger partial charge in [0.1, 0.15) is 0 Å². The summed E-state index contributed by atoms with van der Waals surface area (Å²) in [6.07, 6.45) is 7.72. The van der Waals surface area contributed by atoms with E-state index in [2.05, 4.69) is 34.3 Å². The summed E-state index contributed by atoms with van der Waals surface area (Å²) in [6.45, 7) is 4.99. The van der Waals surface area contributed by atoms with E-state index in [1.165, 1.54) is 5.69 Å². The summed E-state index contributed by atoms with van der Waals surface area (Å²) >= 11 is 0. The number of pyridine rings is 1. The van der Waals surface area contributed by atoms with Gasteiger partial charge < -0.3 is 15.3 Å². The number of piperidine rings is 1. The molecule has 1 fully saturated rings. The number of hydrogen-bond acceptors (Lipinski definition) is 4. The lowest BCUT2D eigenvalue weighted by molar-refractivity contribution is 0.154. The quantitative estimate of drug-likeness (QED) is 0.821. The Morgan fingerprint density at radius 3 is 2.68 bits per heavy atom. The second kappa shape index (κ2) is 7.46. The van der Waals surface area contributed by atoms with E-state index in [0.29, 0.717) is 6.04 Å². The van der Waals surface area contributed by atoms with Gasteiger partial charge in [-0.25, -0.2) is 0 Å². The van der Waals surface area contributed by atoms with Gasteiger partial charge in [0.25, 0.3) is 0 Å². The highest BCUT2D eigenvalue weighted by molar-refractivity contribution is 5.44. The van der Waals surface area contributed by atoms with Gasteiger partial charge in [-0.3, -0.25) is 4.98 Å². The zero-order chi connectivity index (χ0) is 13.5. The minimum absolute atomic E-state index is 0.191. The first-order valence-electron chi connectivity index (χ1n) is 7.36. The smallest absolute Gasteiger partial charge is 0.0664 e. The van der Waals surface area contributed by atoms with E-state index in [9.17, 15) is 5.11 Å². The average molecular weight is 263 g/mol. The van der Waals surface area contributed by atoms with Crippen LogP contribution in [0.15, 0.2) is 24.5 Å². The number of nitrogens with zero attached hydrogens (tertiary/aromatic N) is 2. The van der Waals surface area contributed by atoms with Crippen LogP contribution in [0.5, 0.6) is 0 Å². The molecule has 1 saturated heterocycles. The lowest BCUT2D eigenvalue weighted by Crippen LogP contribution is -2.44. The van der Waals surface area contributed by atoms with Crippen LogP contribution >= 0.6 is 0 Å². The number of aliphatic hydroxyl groups is 1. The van der Waals surface area contributed by atoms with Crippen molar-refractivity contribution in [3.63, 3.8) is 0 Å². The summed E-state index contributed by atoms with van der Waals surface area (Å²) in [6, 6.07) is 4.68. The highest BCUT2D eigenvalue weighted by Gasteiger charge is 2.19. The van der Waals surface area contributed by atoms with Gasteiger partial charge in [-0.05, 0) is 31.4 Å². The summed E-state index contributed by atoms with van der Waals surface area (Å²) in [5.41, 5.74) is 1.26. The van der Waals surface area contributed by atoms with Crippen LogP contribution in [0.2, 0.25) is 0 Å². The molecule has 0 aliphatic carbocycles. The van der Waals surface area contributed by atoms with Gasteiger partial charge in [0.2, 0.25) is 0 Å². The Morgan fingerprint density at radius 1 is 1.37 bits per heavy atom. The number of aliphatic hydroxyl groups excluding tert-OH is 1. The Bertz CT molecular complexity index is 350. The van der Waals surface area contributed by atoms with Crippen LogP contribution in [0.25, 0.3) is 0 Å². The van der Waals surface area contributed by atoms with Gasteiger partial charge in [0, 0.05) is 43.8 Å². The summed E-state index contributed by atoms with van der Waals surface area (Å²) in [4.78, 5) is 6.46. The molecule has 0 amide bonds. The standard InChI is InChI=1S/C15H25N3O/c1-2-3-15(19)12-17-13-6-10-18(11-7-13)14-4-8-16-9-5-14/h4-5,8-9,13,15,17,19H,2-3,6-7,10-12H2,1H3. The van der Waals surface area contributed by atoms with Crippen molar-refractivity contribution in [1.82, 2.24) is 10.3 Å². The van der Waals surface area contributed by atoms with E-state index < -0.39 is 0 Å². The second-order valence-electron chi connectivity index (χ2n) is 5.32. The molecule has 0 radical (unpaired) electrons. The molecule has 2 rings (SSSR count). The molecule has 0 saturated carbocycles. The molecule has 1 aliphatic rings. The molecule has 0 bridgehead atoms. The van der Waals surface area contributed by atoms with E-state index in [-0.39, 0.29) is 6.10 Å². The van der Waals surface area contributed by atoms with Crippen molar-refractivity contribution < 1.29 is 5.11 Å². The second-order valence-corrected chi connectivity index (χ2v) is 5.32. The Labute approximate surface area is 115 Å². The number of aromatic nitrogens is 1. The van der Waals surface area contributed by atoms with Crippen LogP contribution in [-0.2, 0) is 0 Å². The van der Waals surface area contributed by atoms with Crippen molar-refractivity contribution in [2.45, 2.75) is 44.8 Å². The summed E-state index contributed by atoms with van der Waals surface area (Å²) in [7, 11) is 0. The van der Waals surface area contributed by atoms with Gasteiger partial charge in [0.15, 0.2) is 0 Å². The van der Waals surface area contributed by atoms with Gasteiger partial charge in [0.05, 0.1) is 6.10 Å². The molecule has 106 valence electrons. The van der Waals surface area contributed by atoms with Crippen LogP contribution in [0.3, 0.4) is 0 Å². The number of hydrogen-bond donors (Lipinski definition) is 2. The maximum absolute atomic E-state index is 9.73. The summed E-state index contributed by atoms with van der Waals surface area (Å²) in [5.74, 6) is 0. The predicted octanol–water partition coefficient (Wildman–Crippen LogP) is 1.80. The number of anilines is 1. The van der Waals surface area contributed by atoms with Crippen molar-refractivity contribution in [2.24, 2.45) is 0 Å². The van der Waals surface area contributed by atoms with E-state index in [1.807, 2.05) is 12.4 Å². The SMILES string of the molecule is CCCC(O)CNC1CCN(c2ccncc2)CC1. The fraction of sp³-hybridized carbons (Fsp3) is 0.667. The topological polar surface area (TPSA) is 48.4 Å².